The molecule has 19 heavy (non-hydrogen) atoms. The molecule has 1 aliphatic heterocycles. The lowest BCUT2D eigenvalue weighted by Crippen LogP contribution is -2.35. The average Bonchev–Trinajstić information content (AvgIpc) is 2.96. The Kier molecular flexibility index (Phi) is 4.27. The summed E-state index contributed by atoms with van der Waals surface area (Å²) in [6.07, 6.45) is 2.44. The Labute approximate surface area is 114 Å². The molecule has 0 amide bonds. The molecule has 0 saturated carbocycles. The van der Waals surface area contributed by atoms with E-state index in [4.69, 9.17) is 0 Å². The second kappa shape index (κ2) is 5.60. The molecule has 0 unspecified atom stereocenters. The third kappa shape index (κ3) is 2.98. The van der Waals surface area contributed by atoms with E-state index in [9.17, 15) is 8.42 Å². The van der Waals surface area contributed by atoms with Gasteiger partial charge < -0.3 is 4.90 Å². The topological polar surface area (TPSA) is 69.3 Å². The minimum Gasteiger partial charge on any atom is -0.302 e. The maximum atomic E-state index is 12.5. The largest absolute Gasteiger partial charge is 0.302 e. The SMILES string of the molecule is Cc1n[nH]c(C)c1S(=O)(=O)N(C)CCN1CCCC1. The molecule has 1 aromatic rings. The number of hydrogen-bond acceptors (Lipinski definition) is 4. The predicted octanol–water partition coefficient (Wildman–Crippen LogP) is 0.743. The first kappa shape index (κ1) is 14.5. The van der Waals surface area contributed by atoms with Gasteiger partial charge in [-0.25, -0.2) is 8.42 Å². The molecule has 6 nitrogen and oxygen atoms in total. The summed E-state index contributed by atoms with van der Waals surface area (Å²) in [5.41, 5.74) is 1.14. The standard InChI is InChI=1S/C12H22N4O2S/c1-10-12(11(2)14-13-10)19(17,18)15(3)8-9-16-6-4-5-7-16/h4-9H2,1-3H3,(H,13,14). The van der Waals surface area contributed by atoms with E-state index in [1.807, 2.05) is 0 Å². The third-order valence-corrected chi connectivity index (χ3v) is 5.78. The van der Waals surface area contributed by atoms with Gasteiger partial charge in [-0.05, 0) is 39.8 Å². The van der Waals surface area contributed by atoms with Crippen molar-refractivity contribution in [3.63, 3.8) is 0 Å². The van der Waals surface area contributed by atoms with Crippen LogP contribution in [0.2, 0.25) is 0 Å². The zero-order chi connectivity index (χ0) is 14.0. The second-order valence-electron chi connectivity index (χ2n) is 5.14. The second-order valence-corrected chi connectivity index (χ2v) is 7.12. The average molecular weight is 286 g/mol. The van der Waals surface area contributed by atoms with Crippen LogP contribution in [0.5, 0.6) is 0 Å². The van der Waals surface area contributed by atoms with Crippen LogP contribution in [0.25, 0.3) is 0 Å². The summed E-state index contributed by atoms with van der Waals surface area (Å²) < 4.78 is 26.4. The van der Waals surface area contributed by atoms with E-state index in [1.54, 1.807) is 20.9 Å². The Bertz CT molecular complexity index is 512. The molecule has 0 aromatic carbocycles. The summed E-state index contributed by atoms with van der Waals surface area (Å²) in [6.45, 7) is 6.93. The Morgan fingerprint density at radius 2 is 1.95 bits per heavy atom. The number of nitrogens with one attached hydrogen (secondary N) is 1. The van der Waals surface area contributed by atoms with Gasteiger partial charge in [0.2, 0.25) is 10.0 Å². The molecule has 2 heterocycles. The van der Waals surface area contributed by atoms with Gasteiger partial charge in [0, 0.05) is 20.1 Å². The van der Waals surface area contributed by atoms with Gasteiger partial charge in [-0.2, -0.15) is 9.40 Å². The lowest BCUT2D eigenvalue weighted by molar-refractivity contribution is 0.310. The number of H-pyrrole nitrogens is 1. The molecular weight excluding hydrogens is 264 g/mol. The predicted molar refractivity (Wildman–Crippen MR) is 73.6 cm³/mol. The molecule has 0 aliphatic carbocycles. The molecule has 7 heteroatoms. The first-order chi connectivity index (χ1) is 8.93. The summed E-state index contributed by atoms with van der Waals surface area (Å²) in [5.74, 6) is 0. The Morgan fingerprint density at radius 1 is 1.32 bits per heavy atom. The highest BCUT2D eigenvalue weighted by Gasteiger charge is 2.27. The van der Waals surface area contributed by atoms with Crippen LogP contribution >= 0.6 is 0 Å². The number of hydrogen-bond donors (Lipinski definition) is 1. The van der Waals surface area contributed by atoms with Gasteiger partial charge in [0.25, 0.3) is 0 Å². The first-order valence-corrected chi connectivity index (χ1v) is 8.07. The summed E-state index contributed by atoms with van der Waals surface area (Å²) in [5, 5.41) is 6.69. The van der Waals surface area contributed by atoms with Crippen molar-refractivity contribution in [2.24, 2.45) is 0 Å². The Balaban J connectivity index is 2.06. The van der Waals surface area contributed by atoms with E-state index in [0.717, 1.165) is 19.6 Å². The number of nitrogens with zero attached hydrogens (tertiary/aromatic N) is 3. The minimum atomic E-state index is -3.44. The maximum absolute atomic E-state index is 12.5. The number of aromatic amines is 1. The number of likely N-dealkylation sites (N-methyl/N-ethyl adjacent to an activating group) is 1. The molecule has 1 fully saturated rings. The number of rotatable bonds is 5. The zero-order valence-electron chi connectivity index (χ0n) is 11.8. The van der Waals surface area contributed by atoms with E-state index < -0.39 is 10.0 Å². The molecule has 0 radical (unpaired) electrons. The van der Waals surface area contributed by atoms with Gasteiger partial charge in [0.05, 0.1) is 11.4 Å². The van der Waals surface area contributed by atoms with Crippen LogP contribution in [0.15, 0.2) is 4.90 Å². The van der Waals surface area contributed by atoms with Crippen molar-refractivity contribution < 1.29 is 8.42 Å². The number of aryl methyl sites for hydroxylation is 2. The van der Waals surface area contributed by atoms with Gasteiger partial charge in [-0.3, -0.25) is 5.10 Å². The summed E-state index contributed by atoms with van der Waals surface area (Å²) in [7, 11) is -1.80. The van der Waals surface area contributed by atoms with E-state index in [0.29, 0.717) is 22.8 Å². The Morgan fingerprint density at radius 3 is 2.47 bits per heavy atom. The van der Waals surface area contributed by atoms with Crippen molar-refractivity contribution in [3.8, 4) is 0 Å². The number of sulfonamides is 1. The highest BCUT2D eigenvalue weighted by atomic mass is 32.2. The smallest absolute Gasteiger partial charge is 0.246 e. The molecule has 2 rings (SSSR count). The van der Waals surface area contributed by atoms with E-state index >= 15 is 0 Å². The minimum absolute atomic E-state index is 0.316. The fraction of sp³-hybridized carbons (Fsp3) is 0.750. The van der Waals surface area contributed by atoms with Gasteiger partial charge in [0.15, 0.2) is 0 Å². The van der Waals surface area contributed by atoms with E-state index in [-0.39, 0.29) is 0 Å². The molecule has 108 valence electrons. The number of aromatic nitrogens is 2. The van der Waals surface area contributed by atoms with Crippen molar-refractivity contribution in [2.75, 3.05) is 33.2 Å². The molecule has 0 atom stereocenters. The lowest BCUT2D eigenvalue weighted by atomic mass is 10.4. The molecule has 1 aliphatic rings. The summed E-state index contributed by atoms with van der Waals surface area (Å²) in [6, 6.07) is 0. The zero-order valence-corrected chi connectivity index (χ0v) is 12.6. The normalized spacial score (nSPS) is 17.5. The maximum Gasteiger partial charge on any atom is 0.246 e. The van der Waals surface area contributed by atoms with Crippen molar-refractivity contribution >= 4 is 10.0 Å². The van der Waals surface area contributed by atoms with Crippen LogP contribution in [0.4, 0.5) is 0 Å². The molecule has 0 bridgehead atoms. The third-order valence-electron chi connectivity index (χ3n) is 3.66. The van der Waals surface area contributed by atoms with Crippen LogP contribution in [0, 0.1) is 13.8 Å². The fourth-order valence-electron chi connectivity index (χ4n) is 2.49. The first-order valence-electron chi connectivity index (χ1n) is 6.63. The van der Waals surface area contributed by atoms with E-state index in [2.05, 4.69) is 15.1 Å². The van der Waals surface area contributed by atoms with Crippen molar-refractivity contribution in [1.82, 2.24) is 19.4 Å². The quantitative estimate of drug-likeness (QED) is 0.867. The van der Waals surface area contributed by atoms with Crippen LogP contribution in [0.1, 0.15) is 24.2 Å². The number of likely N-dealkylation sites (tertiary alicyclic amines) is 1. The molecule has 1 aromatic heterocycles. The van der Waals surface area contributed by atoms with Crippen molar-refractivity contribution in [3.05, 3.63) is 11.4 Å². The van der Waals surface area contributed by atoms with Crippen LogP contribution in [-0.4, -0.2) is 61.0 Å². The lowest BCUT2D eigenvalue weighted by Gasteiger charge is -2.21. The summed E-state index contributed by atoms with van der Waals surface area (Å²) >= 11 is 0. The molecule has 0 spiro atoms. The Hall–Kier alpha value is -0.920. The summed E-state index contributed by atoms with van der Waals surface area (Å²) in [4.78, 5) is 2.62. The van der Waals surface area contributed by atoms with Crippen LogP contribution in [-0.2, 0) is 10.0 Å². The fourth-order valence-corrected chi connectivity index (χ4v) is 3.97. The van der Waals surface area contributed by atoms with Gasteiger partial charge in [-0.15, -0.1) is 0 Å². The van der Waals surface area contributed by atoms with Crippen molar-refractivity contribution in [2.45, 2.75) is 31.6 Å². The van der Waals surface area contributed by atoms with Crippen LogP contribution in [0.3, 0.4) is 0 Å². The van der Waals surface area contributed by atoms with Gasteiger partial charge >= 0.3 is 0 Å². The van der Waals surface area contributed by atoms with E-state index in [1.165, 1.54) is 17.1 Å². The monoisotopic (exact) mass is 286 g/mol. The molecular formula is C12H22N4O2S. The highest BCUT2D eigenvalue weighted by molar-refractivity contribution is 7.89. The molecule has 1 N–H and O–H groups in total. The highest BCUT2D eigenvalue weighted by Crippen LogP contribution is 2.20. The van der Waals surface area contributed by atoms with Gasteiger partial charge in [0.1, 0.15) is 4.90 Å². The van der Waals surface area contributed by atoms with Crippen LogP contribution < -0.4 is 0 Å². The molecule has 1 saturated heterocycles. The van der Waals surface area contributed by atoms with Crippen molar-refractivity contribution in [1.29, 1.82) is 0 Å². The van der Waals surface area contributed by atoms with Gasteiger partial charge in [-0.1, -0.05) is 0 Å².